The minimum absolute atomic E-state index is 0.0103. The molecule has 1 aromatic carbocycles. The van der Waals surface area contributed by atoms with Crippen molar-refractivity contribution in [3.8, 4) is 11.5 Å². The first-order valence-electron chi connectivity index (χ1n) is 6.29. The molecule has 0 spiro atoms. The van der Waals surface area contributed by atoms with Crippen molar-refractivity contribution in [2.24, 2.45) is 0 Å². The molecule has 0 aliphatic heterocycles. The number of hydrogen-bond acceptors (Lipinski definition) is 6. The zero-order chi connectivity index (χ0) is 16.0. The molecule has 0 aliphatic carbocycles. The molecule has 0 saturated carbocycles. The van der Waals surface area contributed by atoms with Crippen LogP contribution < -0.4 is 15.2 Å². The summed E-state index contributed by atoms with van der Waals surface area (Å²) in [4.78, 5) is 24.8. The Bertz CT molecular complexity index is 528. The van der Waals surface area contributed by atoms with Gasteiger partial charge in [0.05, 0.1) is 31.9 Å². The molecule has 1 aromatic rings. The lowest BCUT2D eigenvalue weighted by atomic mass is 10.1. The summed E-state index contributed by atoms with van der Waals surface area (Å²) < 4.78 is 15.2. The molecule has 1 amide bonds. The minimum atomic E-state index is -0.611. The number of amides is 1. The molecule has 1 rings (SSSR count). The van der Waals surface area contributed by atoms with Gasteiger partial charge in [0.2, 0.25) is 5.91 Å². The van der Waals surface area contributed by atoms with E-state index in [-0.39, 0.29) is 30.2 Å². The summed E-state index contributed by atoms with van der Waals surface area (Å²) in [6.45, 7) is -0.0103. The quantitative estimate of drug-likeness (QED) is 0.620. The Morgan fingerprint density at radius 3 is 2.24 bits per heavy atom. The summed E-state index contributed by atoms with van der Waals surface area (Å²) in [5.74, 6) is 0.0699. The number of benzene rings is 1. The molecule has 0 fully saturated rings. The average Bonchev–Trinajstić information content (AvgIpc) is 2.46. The van der Waals surface area contributed by atoms with Crippen LogP contribution in [0, 0.1) is 0 Å². The Hall–Kier alpha value is -2.44. The minimum Gasteiger partial charge on any atom is -0.493 e. The van der Waals surface area contributed by atoms with Gasteiger partial charge in [-0.05, 0) is 0 Å². The zero-order valence-corrected chi connectivity index (χ0v) is 12.6. The summed E-state index contributed by atoms with van der Waals surface area (Å²) in [5, 5.41) is 0. The van der Waals surface area contributed by atoms with Crippen LogP contribution in [-0.2, 0) is 9.53 Å². The van der Waals surface area contributed by atoms with Crippen molar-refractivity contribution in [2.75, 3.05) is 40.7 Å². The molecule has 0 radical (unpaired) electrons. The van der Waals surface area contributed by atoms with Gasteiger partial charge in [0.15, 0.2) is 11.5 Å². The standard InChI is InChI=1S/C14H20N2O5/c1-16(2)13(17)5-6-21-14(18)9-7-11(19-3)12(20-4)8-10(9)15/h7-8H,5-6,15H2,1-4H3. The van der Waals surface area contributed by atoms with Gasteiger partial charge >= 0.3 is 5.97 Å². The number of anilines is 1. The molecular weight excluding hydrogens is 276 g/mol. The van der Waals surface area contributed by atoms with Gasteiger partial charge in [0.25, 0.3) is 0 Å². The van der Waals surface area contributed by atoms with E-state index in [1.54, 1.807) is 14.1 Å². The number of esters is 1. The second-order valence-corrected chi connectivity index (χ2v) is 4.47. The van der Waals surface area contributed by atoms with Crippen LogP contribution >= 0.6 is 0 Å². The first kappa shape index (κ1) is 16.6. The normalized spacial score (nSPS) is 9.90. The third-order valence-electron chi connectivity index (χ3n) is 2.82. The number of carbonyl (C=O) groups is 2. The maximum absolute atomic E-state index is 12.0. The van der Waals surface area contributed by atoms with Crippen molar-refractivity contribution in [1.29, 1.82) is 0 Å². The van der Waals surface area contributed by atoms with Crippen LogP contribution in [0.15, 0.2) is 12.1 Å². The highest BCUT2D eigenvalue weighted by Gasteiger charge is 2.17. The topological polar surface area (TPSA) is 91.1 Å². The summed E-state index contributed by atoms with van der Waals surface area (Å²) in [7, 11) is 6.20. The van der Waals surface area contributed by atoms with Crippen molar-refractivity contribution in [2.45, 2.75) is 6.42 Å². The molecule has 7 nitrogen and oxygen atoms in total. The summed E-state index contributed by atoms with van der Waals surface area (Å²) >= 11 is 0. The number of nitrogen functional groups attached to an aromatic ring is 1. The molecule has 0 atom stereocenters. The summed E-state index contributed by atoms with van der Waals surface area (Å²) in [6.07, 6.45) is 0.117. The second-order valence-electron chi connectivity index (χ2n) is 4.47. The average molecular weight is 296 g/mol. The van der Waals surface area contributed by atoms with E-state index < -0.39 is 5.97 Å². The van der Waals surface area contributed by atoms with E-state index in [4.69, 9.17) is 19.9 Å². The smallest absolute Gasteiger partial charge is 0.340 e. The SMILES string of the molecule is COc1cc(N)c(C(=O)OCCC(=O)N(C)C)cc1OC. The van der Waals surface area contributed by atoms with E-state index in [2.05, 4.69) is 0 Å². The van der Waals surface area contributed by atoms with Crippen LogP contribution in [0.1, 0.15) is 16.8 Å². The van der Waals surface area contributed by atoms with Crippen molar-refractivity contribution in [1.82, 2.24) is 4.90 Å². The third kappa shape index (κ3) is 4.27. The first-order chi connectivity index (χ1) is 9.90. The molecule has 0 heterocycles. The fourth-order valence-corrected chi connectivity index (χ4v) is 1.60. The van der Waals surface area contributed by atoms with Gasteiger partial charge in [-0.2, -0.15) is 0 Å². The predicted molar refractivity (Wildman–Crippen MR) is 77.6 cm³/mol. The van der Waals surface area contributed by atoms with E-state index in [1.807, 2.05) is 0 Å². The van der Waals surface area contributed by atoms with Crippen molar-refractivity contribution >= 4 is 17.6 Å². The van der Waals surface area contributed by atoms with Gasteiger partial charge in [0, 0.05) is 26.2 Å². The van der Waals surface area contributed by atoms with Gasteiger partial charge in [-0.15, -0.1) is 0 Å². The summed E-state index contributed by atoms with van der Waals surface area (Å²) in [5.41, 5.74) is 6.18. The van der Waals surface area contributed by atoms with Crippen molar-refractivity contribution in [3.63, 3.8) is 0 Å². The van der Waals surface area contributed by atoms with Gasteiger partial charge < -0.3 is 24.8 Å². The fourth-order valence-electron chi connectivity index (χ4n) is 1.60. The highest BCUT2D eigenvalue weighted by atomic mass is 16.5. The molecule has 7 heteroatoms. The van der Waals surface area contributed by atoms with Gasteiger partial charge in [-0.25, -0.2) is 4.79 Å². The van der Waals surface area contributed by atoms with Gasteiger partial charge in [-0.1, -0.05) is 0 Å². The second kappa shape index (κ2) is 7.37. The Morgan fingerprint density at radius 1 is 1.14 bits per heavy atom. The number of nitrogens with two attached hydrogens (primary N) is 1. The van der Waals surface area contributed by atoms with Gasteiger partial charge in [-0.3, -0.25) is 4.79 Å². The third-order valence-corrected chi connectivity index (χ3v) is 2.82. The fraction of sp³-hybridized carbons (Fsp3) is 0.429. The van der Waals surface area contributed by atoms with E-state index >= 15 is 0 Å². The maximum Gasteiger partial charge on any atom is 0.340 e. The zero-order valence-electron chi connectivity index (χ0n) is 12.6. The Morgan fingerprint density at radius 2 is 1.71 bits per heavy atom. The number of rotatable bonds is 6. The monoisotopic (exact) mass is 296 g/mol. The molecule has 0 aromatic heterocycles. The van der Waals surface area contributed by atoms with Crippen LogP contribution in [0.2, 0.25) is 0 Å². The van der Waals surface area contributed by atoms with Crippen LogP contribution in [0.5, 0.6) is 11.5 Å². The number of ether oxygens (including phenoxy) is 3. The molecule has 0 unspecified atom stereocenters. The van der Waals surface area contributed by atoms with Crippen LogP contribution in [0.3, 0.4) is 0 Å². The number of hydrogen-bond donors (Lipinski definition) is 1. The van der Waals surface area contributed by atoms with E-state index in [0.29, 0.717) is 11.5 Å². The van der Waals surface area contributed by atoms with E-state index in [1.165, 1.54) is 31.3 Å². The maximum atomic E-state index is 12.0. The molecular formula is C14H20N2O5. The largest absolute Gasteiger partial charge is 0.493 e. The van der Waals surface area contributed by atoms with Crippen LogP contribution in [0.4, 0.5) is 5.69 Å². The Labute approximate surface area is 123 Å². The number of methoxy groups -OCH3 is 2. The highest BCUT2D eigenvalue weighted by Crippen LogP contribution is 2.32. The molecule has 0 aliphatic rings. The van der Waals surface area contributed by atoms with E-state index in [0.717, 1.165) is 0 Å². The van der Waals surface area contributed by atoms with Crippen molar-refractivity contribution < 1.29 is 23.8 Å². The molecule has 0 bridgehead atoms. The Balaban J connectivity index is 2.76. The lowest BCUT2D eigenvalue weighted by molar-refractivity contribution is -0.129. The molecule has 0 saturated heterocycles. The molecule has 2 N–H and O–H groups in total. The first-order valence-corrected chi connectivity index (χ1v) is 6.29. The highest BCUT2D eigenvalue weighted by molar-refractivity contribution is 5.96. The molecule has 21 heavy (non-hydrogen) atoms. The summed E-state index contributed by atoms with van der Waals surface area (Å²) in [6, 6.07) is 2.94. The predicted octanol–water partition coefficient (Wildman–Crippen LogP) is 0.921. The van der Waals surface area contributed by atoms with Crippen LogP contribution in [0.25, 0.3) is 0 Å². The van der Waals surface area contributed by atoms with Gasteiger partial charge in [0.1, 0.15) is 6.61 Å². The van der Waals surface area contributed by atoms with Crippen molar-refractivity contribution in [3.05, 3.63) is 17.7 Å². The number of nitrogens with zero attached hydrogens (tertiary/aromatic N) is 1. The Kier molecular flexibility index (Phi) is 5.83. The number of carbonyl (C=O) groups excluding carboxylic acids is 2. The van der Waals surface area contributed by atoms with Crippen LogP contribution in [-0.4, -0.2) is 51.7 Å². The molecule has 116 valence electrons. The lowest BCUT2D eigenvalue weighted by Gasteiger charge is -2.13. The lowest BCUT2D eigenvalue weighted by Crippen LogP contribution is -2.23. The van der Waals surface area contributed by atoms with E-state index in [9.17, 15) is 9.59 Å².